The maximum Gasteiger partial charge on any atom is 0.408 e. The summed E-state index contributed by atoms with van der Waals surface area (Å²) in [6.07, 6.45) is 0.227. The maximum absolute atomic E-state index is 12.3. The van der Waals surface area contributed by atoms with Crippen molar-refractivity contribution < 1.29 is 14.3 Å². The van der Waals surface area contributed by atoms with E-state index < -0.39 is 17.7 Å². The van der Waals surface area contributed by atoms with Gasteiger partial charge in [-0.05, 0) is 47.5 Å². The van der Waals surface area contributed by atoms with Crippen molar-refractivity contribution in [3.63, 3.8) is 0 Å². The van der Waals surface area contributed by atoms with Gasteiger partial charge in [-0.25, -0.2) is 4.79 Å². The van der Waals surface area contributed by atoms with E-state index in [1.807, 2.05) is 34.6 Å². The summed E-state index contributed by atoms with van der Waals surface area (Å²) in [7, 11) is 0. The third-order valence-electron chi connectivity index (χ3n) is 2.67. The van der Waals surface area contributed by atoms with Crippen molar-refractivity contribution in [3.05, 3.63) is 0 Å². The van der Waals surface area contributed by atoms with Crippen molar-refractivity contribution in [3.8, 4) is 0 Å². The summed E-state index contributed by atoms with van der Waals surface area (Å²) < 4.78 is 5.21. The van der Waals surface area contributed by atoms with Gasteiger partial charge in [-0.2, -0.15) is 0 Å². The summed E-state index contributed by atoms with van der Waals surface area (Å²) in [6.45, 7) is 15.0. The van der Waals surface area contributed by atoms with E-state index in [9.17, 15) is 9.59 Å². The van der Waals surface area contributed by atoms with E-state index in [1.54, 1.807) is 20.8 Å². The SMILES string of the molecule is CCC(C)[C@H](NC(=O)OC(C)(C)C)C(=O)NC(C)(C)C. The fourth-order valence-electron chi connectivity index (χ4n) is 1.58. The van der Waals surface area contributed by atoms with Crippen molar-refractivity contribution in [2.45, 2.75) is 79.0 Å². The molecule has 0 aliphatic carbocycles. The van der Waals surface area contributed by atoms with Gasteiger partial charge in [-0.3, -0.25) is 4.79 Å². The second-order valence-corrected chi connectivity index (χ2v) is 7.25. The molecule has 0 aromatic rings. The molecular weight excluding hydrogens is 256 g/mol. The van der Waals surface area contributed by atoms with Gasteiger partial charge in [0, 0.05) is 5.54 Å². The average Bonchev–Trinajstić information content (AvgIpc) is 2.19. The van der Waals surface area contributed by atoms with Gasteiger partial charge in [0.2, 0.25) is 5.91 Å². The number of rotatable bonds is 4. The summed E-state index contributed by atoms with van der Waals surface area (Å²) in [5.74, 6) is -0.150. The summed E-state index contributed by atoms with van der Waals surface area (Å²) in [4.78, 5) is 24.1. The topological polar surface area (TPSA) is 67.4 Å². The lowest BCUT2D eigenvalue weighted by atomic mass is 9.97. The first-order chi connectivity index (χ1) is 8.85. The monoisotopic (exact) mass is 286 g/mol. The summed E-state index contributed by atoms with van der Waals surface area (Å²) in [5.41, 5.74) is -0.914. The third kappa shape index (κ3) is 8.02. The Morgan fingerprint density at radius 3 is 1.95 bits per heavy atom. The van der Waals surface area contributed by atoms with Crippen LogP contribution in [0.5, 0.6) is 0 Å². The molecule has 1 unspecified atom stereocenters. The minimum atomic E-state index is -0.589. The van der Waals surface area contributed by atoms with E-state index in [-0.39, 0.29) is 17.4 Å². The first-order valence-electron chi connectivity index (χ1n) is 7.17. The lowest BCUT2D eigenvalue weighted by Gasteiger charge is -2.29. The van der Waals surface area contributed by atoms with Gasteiger partial charge in [0.05, 0.1) is 0 Å². The number of amides is 2. The molecule has 0 spiro atoms. The molecule has 2 N–H and O–H groups in total. The molecule has 2 amide bonds. The van der Waals surface area contributed by atoms with Crippen LogP contribution in [0.15, 0.2) is 0 Å². The maximum atomic E-state index is 12.3. The highest BCUT2D eigenvalue weighted by Gasteiger charge is 2.30. The lowest BCUT2D eigenvalue weighted by Crippen LogP contribution is -2.55. The number of hydrogen-bond donors (Lipinski definition) is 2. The number of ether oxygens (including phenoxy) is 1. The molecule has 0 rings (SSSR count). The second kappa shape index (κ2) is 6.95. The van der Waals surface area contributed by atoms with Gasteiger partial charge in [-0.1, -0.05) is 20.3 Å². The Hall–Kier alpha value is -1.26. The Balaban J connectivity index is 4.82. The number of nitrogens with one attached hydrogen (secondary N) is 2. The first kappa shape index (κ1) is 18.7. The van der Waals surface area contributed by atoms with E-state index in [0.29, 0.717) is 0 Å². The Labute approximate surface area is 122 Å². The van der Waals surface area contributed by atoms with Crippen molar-refractivity contribution >= 4 is 12.0 Å². The molecule has 0 fully saturated rings. The van der Waals surface area contributed by atoms with E-state index in [2.05, 4.69) is 10.6 Å². The summed E-state index contributed by atoms with van der Waals surface area (Å²) in [5, 5.41) is 5.57. The Morgan fingerprint density at radius 1 is 1.10 bits per heavy atom. The molecule has 0 saturated carbocycles. The van der Waals surface area contributed by atoms with E-state index in [0.717, 1.165) is 6.42 Å². The molecule has 118 valence electrons. The molecule has 0 saturated heterocycles. The van der Waals surface area contributed by atoms with Crippen LogP contribution in [-0.2, 0) is 9.53 Å². The van der Waals surface area contributed by atoms with Gasteiger partial charge in [0.15, 0.2) is 0 Å². The van der Waals surface area contributed by atoms with Crippen LogP contribution in [0, 0.1) is 5.92 Å². The lowest BCUT2D eigenvalue weighted by molar-refractivity contribution is -0.125. The fourth-order valence-corrected chi connectivity index (χ4v) is 1.58. The highest BCUT2D eigenvalue weighted by molar-refractivity contribution is 5.86. The van der Waals surface area contributed by atoms with Crippen LogP contribution in [0.3, 0.4) is 0 Å². The van der Waals surface area contributed by atoms with Crippen LogP contribution in [0.4, 0.5) is 4.79 Å². The molecule has 0 radical (unpaired) electrons. The van der Waals surface area contributed by atoms with Gasteiger partial charge in [-0.15, -0.1) is 0 Å². The second-order valence-electron chi connectivity index (χ2n) is 7.25. The predicted molar refractivity (Wildman–Crippen MR) is 80.5 cm³/mol. The third-order valence-corrected chi connectivity index (χ3v) is 2.67. The zero-order valence-electron chi connectivity index (χ0n) is 14.1. The van der Waals surface area contributed by atoms with E-state index in [1.165, 1.54) is 0 Å². The zero-order chi connectivity index (χ0) is 16.1. The fraction of sp³-hybridized carbons (Fsp3) is 0.867. The van der Waals surface area contributed by atoms with Crippen LogP contribution in [0.1, 0.15) is 61.8 Å². The summed E-state index contributed by atoms with van der Waals surface area (Å²) in [6, 6.07) is -0.589. The van der Waals surface area contributed by atoms with E-state index in [4.69, 9.17) is 4.74 Å². The molecule has 0 aromatic carbocycles. The van der Waals surface area contributed by atoms with Gasteiger partial charge in [0.25, 0.3) is 0 Å². The molecule has 2 atom stereocenters. The smallest absolute Gasteiger partial charge is 0.408 e. The Morgan fingerprint density at radius 2 is 1.60 bits per heavy atom. The Bertz CT molecular complexity index is 340. The molecule has 5 heteroatoms. The minimum absolute atomic E-state index is 0.0323. The van der Waals surface area contributed by atoms with Crippen LogP contribution in [-0.4, -0.2) is 29.2 Å². The standard InChI is InChI=1S/C15H30N2O3/c1-9-10(2)11(12(18)17-14(3,4)5)16-13(19)20-15(6,7)8/h10-11H,9H2,1-8H3,(H,16,19)(H,17,18)/t10?,11-/m0/s1. The van der Waals surface area contributed by atoms with Crippen molar-refractivity contribution in [1.29, 1.82) is 0 Å². The largest absolute Gasteiger partial charge is 0.444 e. The number of hydrogen-bond acceptors (Lipinski definition) is 3. The van der Waals surface area contributed by atoms with Gasteiger partial charge in [0.1, 0.15) is 11.6 Å². The van der Waals surface area contributed by atoms with E-state index >= 15 is 0 Å². The highest BCUT2D eigenvalue weighted by atomic mass is 16.6. The molecule has 20 heavy (non-hydrogen) atoms. The summed E-state index contributed by atoms with van der Waals surface area (Å²) >= 11 is 0. The number of alkyl carbamates (subject to hydrolysis) is 1. The molecular formula is C15H30N2O3. The Kier molecular flexibility index (Phi) is 6.51. The molecule has 5 nitrogen and oxygen atoms in total. The van der Waals surface area contributed by atoms with Crippen molar-refractivity contribution in [2.24, 2.45) is 5.92 Å². The van der Waals surface area contributed by atoms with Gasteiger partial charge < -0.3 is 15.4 Å². The minimum Gasteiger partial charge on any atom is -0.444 e. The first-order valence-corrected chi connectivity index (χ1v) is 7.17. The predicted octanol–water partition coefficient (Wildman–Crippen LogP) is 2.84. The molecule has 0 bridgehead atoms. The molecule has 0 aliphatic rings. The molecule has 0 aromatic heterocycles. The van der Waals surface area contributed by atoms with Crippen LogP contribution in [0.25, 0.3) is 0 Å². The molecule has 0 heterocycles. The van der Waals surface area contributed by atoms with Crippen molar-refractivity contribution in [1.82, 2.24) is 10.6 Å². The highest BCUT2D eigenvalue weighted by Crippen LogP contribution is 2.12. The quantitative estimate of drug-likeness (QED) is 0.835. The van der Waals surface area contributed by atoms with Crippen LogP contribution in [0.2, 0.25) is 0 Å². The zero-order valence-corrected chi connectivity index (χ0v) is 14.1. The van der Waals surface area contributed by atoms with Crippen LogP contribution >= 0.6 is 0 Å². The number of carbonyl (C=O) groups is 2. The van der Waals surface area contributed by atoms with Crippen LogP contribution < -0.4 is 10.6 Å². The molecule has 0 aliphatic heterocycles. The normalized spacial score (nSPS) is 15.2. The van der Waals surface area contributed by atoms with Crippen molar-refractivity contribution in [2.75, 3.05) is 0 Å². The van der Waals surface area contributed by atoms with Gasteiger partial charge >= 0.3 is 6.09 Å². The average molecular weight is 286 g/mol. The number of carbonyl (C=O) groups excluding carboxylic acids is 2.